The maximum Gasteiger partial charge on any atom is 0.269 e. The van der Waals surface area contributed by atoms with Crippen molar-refractivity contribution in [1.82, 2.24) is 15.2 Å². The molecule has 0 N–H and O–H groups in total. The van der Waals surface area contributed by atoms with Gasteiger partial charge < -0.3 is 4.42 Å². The van der Waals surface area contributed by atoms with Crippen LogP contribution in [0, 0.1) is 35.3 Å². The first kappa shape index (κ1) is 18.5. The van der Waals surface area contributed by atoms with E-state index < -0.39 is 4.92 Å². The van der Waals surface area contributed by atoms with Crippen LogP contribution in [0.5, 0.6) is 0 Å². The molecule has 1 atom stereocenters. The number of rotatable bonds is 5. The summed E-state index contributed by atoms with van der Waals surface area (Å²) in [6.45, 7) is 5.64. The molecule has 27 heavy (non-hydrogen) atoms. The highest BCUT2D eigenvalue weighted by Gasteiger charge is 2.20. The van der Waals surface area contributed by atoms with Gasteiger partial charge in [0.1, 0.15) is 11.1 Å². The Kier molecular flexibility index (Phi) is 5.19. The molecule has 9 heteroatoms. The van der Waals surface area contributed by atoms with Gasteiger partial charge in [-0.2, -0.15) is 5.26 Å². The molecule has 1 unspecified atom stereocenters. The fourth-order valence-electron chi connectivity index (χ4n) is 2.48. The molecule has 0 aliphatic heterocycles. The second kappa shape index (κ2) is 7.55. The van der Waals surface area contributed by atoms with Crippen LogP contribution in [0.15, 0.2) is 39.8 Å². The molecule has 3 aromatic rings. The van der Waals surface area contributed by atoms with Crippen molar-refractivity contribution in [3.05, 3.63) is 63.2 Å². The minimum Gasteiger partial charge on any atom is -0.419 e. The maximum absolute atomic E-state index is 10.7. The van der Waals surface area contributed by atoms with Crippen LogP contribution < -0.4 is 0 Å². The van der Waals surface area contributed by atoms with Gasteiger partial charge in [0.05, 0.1) is 15.7 Å². The highest BCUT2D eigenvalue weighted by Crippen LogP contribution is 2.36. The fraction of sp³-hybridized carbons (Fsp3) is 0.222. The van der Waals surface area contributed by atoms with E-state index >= 15 is 0 Å². The summed E-state index contributed by atoms with van der Waals surface area (Å²) < 4.78 is 5.71. The van der Waals surface area contributed by atoms with Crippen molar-refractivity contribution in [2.24, 2.45) is 0 Å². The van der Waals surface area contributed by atoms with E-state index in [0.717, 1.165) is 11.3 Å². The molecule has 2 aromatic heterocycles. The van der Waals surface area contributed by atoms with E-state index in [1.807, 2.05) is 26.8 Å². The van der Waals surface area contributed by atoms with Gasteiger partial charge in [-0.1, -0.05) is 11.8 Å². The zero-order valence-corrected chi connectivity index (χ0v) is 15.6. The average Bonchev–Trinajstić information content (AvgIpc) is 3.11. The molecule has 2 heterocycles. The Morgan fingerprint density at radius 3 is 2.59 bits per heavy atom. The third-order valence-corrected chi connectivity index (χ3v) is 4.90. The lowest BCUT2D eigenvalue weighted by molar-refractivity contribution is -0.384. The molecule has 0 saturated carbocycles. The summed E-state index contributed by atoms with van der Waals surface area (Å²) in [6, 6.07) is 9.95. The summed E-state index contributed by atoms with van der Waals surface area (Å²) in [7, 11) is 0. The number of benzene rings is 1. The number of nitrogens with zero attached hydrogens (tertiary/aromatic N) is 5. The van der Waals surface area contributed by atoms with Crippen LogP contribution in [0.4, 0.5) is 5.69 Å². The van der Waals surface area contributed by atoms with Crippen LogP contribution in [0.1, 0.15) is 34.9 Å². The standard InChI is InChI=1S/C18H15N5O3S/c1-10-8-11(2)20-18(15(10)9-19)27-12(3)16-21-22-17(26-16)13-4-6-14(7-5-13)23(24)25/h4-8,12H,1-3H3. The molecule has 0 amide bonds. The first-order valence-electron chi connectivity index (χ1n) is 8.02. The monoisotopic (exact) mass is 381 g/mol. The van der Waals surface area contributed by atoms with Gasteiger partial charge in [0, 0.05) is 23.4 Å². The second-order valence-corrected chi connectivity index (χ2v) is 7.21. The third-order valence-electron chi connectivity index (χ3n) is 3.83. The average molecular weight is 381 g/mol. The minimum absolute atomic E-state index is 0.00710. The molecular formula is C18H15N5O3S. The largest absolute Gasteiger partial charge is 0.419 e. The Bertz CT molecular complexity index is 1040. The smallest absolute Gasteiger partial charge is 0.269 e. The van der Waals surface area contributed by atoms with E-state index in [0.29, 0.717) is 22.0 Å². The molecule has 0 radical (unpaired) electrons. The van der Waals surface area contributed by atoms with Crippen LogP contribution >= 0.6 is 11.8 Å². The molecule has 0 fully saturated rings. The van der Waals surface area contributed by atoms with Gasteiger partial charge in [0.15, 0.2) is 0 Å². The molecule has 8 nitrogen and oxygen atoms in total. The number of aromatic nitrogens is 3. The fourth-order valence-corrected chi connectivity index (χ4v) is 3.54. The predicted molar refractivity (Wildman–Crippen MR) is 99.1 cm³/mol. The van der Waals surface area contributed by atoms with E-state index in [2.05, 4.69) is 21.3 Å². The van der Waals surface area contributed by atoms with Gasteiger partial charge in [-0.15, -0.1) is 10.2 Å². The molecule has 0 saturated heterocycles. The van der Waals surface area contributed by atoms with Crippen molar-refractivity contribution in [1.29, 1.82) is 5.26 Å². The Hall–Kier alpha value is -3.25. The highest BCUT2D eigenvalue weighted by molar-refractivity contribution is 7.99. The van der Waals surface area contributed by atoms with Crippen molar-refractivity contribution >= 4 is 17.4 Å². The number of non-ortho nitro benzene ring substituents is 1. The number of hydrogen-bond acceptors (Lipinski definition) is 8. The lowest BCUT2D eigenvalue weighted by Gasteiger charge is -2.10. The van der Waals surface area contributed by atoms with Gasteiger partial charge in [-0.3, -0.25) is 10.1 Å². The van der Waals surface area contributed by atoms with Crippen LogP contribution in [0.2, 0.25) is 0 Å². The number of nitro groups is 1. The van der Waals surface area contributed by atoms with Crippen LogP contribution in [0.3, 0.4) is 0 Å². The van der Waals surface area contributed by atoms with E-state index in [1.54, 1.807) is 12.1 Å². The number of nitriles is 1. The number of aryl methyl sites for hydroxylation is 2. The van der Waals surface area contributed by atoms with Gasteiger partial charge in [-0.25, -0.2) is 4.98 Å². The van der Waals surface area contributed by atoms with E-state index in [-0.39, 0.29) is 16.8 Å². The van der Waals surface area contributed by atoms with E-state index in [1.165, 1.54) is 23.9 Å². The number of pyridine rings is 1. The Balaban J connectivity index is 1.83. The molecule has 3 rings (SSSR count). The zero-order valence-electron chi connectivity index (χ0n) is 14.8. The topological polar surface area (TPSA) is 119 Å². The normalized spacial score (nSPS) is 11.8. The SMILES string of the molecule is Cc1cc(C)c(C#N)c(SC(C)c2nnc(-c3ccc([N+](=O)[O-])cc3)o2)n1. The predicted octanol–water partition coefficient (Wildman–Crippen LogP) is 4.38. The number of thioether (sulfide) groups is 1. The summed E-state index contributed by atoms with van der Waals surface area (Å²) in [5.74, 6) is 0.666. The lowest BCUT2D eigenvalue weighted by Crippen LogP contribution is -1.97. The molecule has 0 bridgehead atoms. The first-order chi connectivity index (χ1) is 12.9. The second-order valence-electron chi connectivity index (χ2n) is 5.88. The molecule has 1 aromatic carbocycles. The minimum atomic E-state index is -0.467. The summed E-state index contributed by atoms with van der Waals surface area (Å²) in [4.78, 5) is 14.7. The van der Waals surface area contributed by atoms with Crippen molar-refractivity contribution in [3.63, 3.8) is 0 Å². The summed E-state index contributed by atoms with van der Waals surface area (Å²) in [5.41, 5.74) is 2.83. The molecule has 0 aliphatic rings. The molecular weight excluding hydrogens is 366 g/mol. The maximum atomic E-state index is 10.7. The Labute approximate surface area is 159 Å². The molecule has 136 valence electrons. The third kappa shape index (κ3) is 3.96. The molecule has 0 aliphatic carbocycles. The van der Waals surface area contributed by atoms with E-state index in [9.17, 15) is 15.4 Å². The summed E-state index contributed by atoms with van der Waals surface area (Å²) >= 11 is 1.37. The van der Waals surface area contributed by atoms with Crippen LogP contribution in [0.25, 0.3) is 11.5 Å². The van der Waals surface area contributed by atoms with Gasteiger partial charge in [-0.05, 0) is 44.5 Å². The number of nitro benzene ring substituents is 1. The van der Waals surface area contributed by atoms with Gasteiger partial charge in [0.2, 0.25) is 11.8 Å². The van der Waals surface area contributed by atoms with Crippen molar-refractivity contribution in [3.8, 4) is 17.5 Å². The highest BCUT2D eigenvalue weighted by atomic mass is 32.2. The summed E-state index contributed by atoms with van der Waals surface area (Å²) in [6.07, 6.45) is 0. The van der Waals surface area contributed by atoms with Gasteiger partial charge in [0.25, 0.3) is 5.69 Å². The van der Waals surface area contributed by atoms with Crippen LogP contribution in [-0.2, 0) is 0 Å². The first-order valence-corrected chi connectivity index (χ1v) is 8.90. The lowest BCUT2D eigenvalue weighted by atomic mass is 10.1. The van der Waals surface area contributed by atoms with Crippen molar-refractivity contribution in [2.45, 2.75) is 31.0 Å². The Morgan fingerprint density at radius 2 is 1.96 bits per heavy atom. The summed E-state index contributed by atoms with van der Waals surface area (Å²) in [5, 5.41) is 28.6. The van der Waals surface area contributed by atoms with E-state index in [4.69, 9.17) is 4.42 Å². The zero-order chi connectivity index (χ0) is 19.6. The quantitative estimate of drug-likeness (QED) is 0.363. The Morgan fingerprint density at radius 1 is 1.26 bits per heavy atom. The molecule has 0 spiro atoms. The van der Waals surface area contributed by atoms with Crippen molar-refractivity contribution < 1.29 is 9.34 Å². The number of hydrogen-bond donors (Lipinski definition) is 0. The van der Waals surface area contributed by atoms with Crippen molar-refractivity contribution in [2.75, 3.05) is 0 Å². The van der Waals surface area contributed by atoms with Gasteiger partial charge >= 0.3 is 0 Å². The van der Waals surface area contributed by atoms with Crippen LogP contribution in [-0.4, -0.2) is 20.1 Å².